The van der Waals surface area contributed by atoms with Crippen molar-refractivity contribution in [3.8, 4) is 5.75 Å². The van der Waals surface area contributed by atoms with E-state index in [9.17, 15) is 4.79 Å². The minimum atomic E-state index is -0.286. The van der Waals surface area contributed by atoms with Crippen molar-refractivity contribution in [3.05, 3.63) is 57.2 Å². The third-order valence-electron chi connectivity index (χ3n) is 4.27. The largest absolute Gasteiger partial charge is 0.483 e. The van der Waals surface area contributed by atoms with E-state index in [1.807, 2.05) is 30.3 Å². The molecule has 0 radical (unpaired) electrons. The van der Waals surface area contributed by atoms with Gasteiger partial charge in [-0.2, -0.15) is 5.10 Å². The maximum Gasteiger partial charge on any atom is 0.277 e. The fourth-order valence-corrected chi connectivity index (χ4v) is 3.53. The number of halogens is 1. The number of carbonyl (C=O) groups excluding carboxylic acids is 1. The molecule has 0 spiro atoms. The van der Waals surface area contributed by atoms with Crippen LogP contribution in [0.1, 0.15) is 24.0 Å². The summed E-state index contributed by atoms with van der Waals surface area (Å²) in [6, 6.07) is 13.8. The van der Waals surface area contributed by atoms with Gasteiger partial charge in [-0.15, -0.1) is 0 Å². The first kappa shape index (κ1) is 18.7. The number of benzene rings is 2. The van der Waals surface area contributed by atoms with E-state index in [-0.39, 0.29) is 12.5 Å². The maximum absolute atomic E-state index is 11.9. The number of para-hydroxylation sites is 1. The van der Waals surface area contributed by atoms with Crippen LogP contribution in [0.3, 0.4) is 0 Å². The zero-order valence-electron chi connectivity index (χ0n) is 14.7. The highest BCUT2D eigenvalue weighted by atomic mass is 127. The number of hydrogen-bond donors (Lipinski definition) is 1. The molecule has 0 unspecified atom stereocenters. The summed E-state index contributed by atoms with van der Waals surface area (Å²) >= 11 is 2.17. The maximum atomic E-state index is 11.9. The predicted octanol–water partition coefficient (Wildman–Crippen LogP) is 3.73. The average molecular weight is 463 g/mol. The van der Waals surface area contributed by atoms with Crippen molar-refractivity contribution in [3.63, 3.8) is 0 Å². The molecule has 0 aliphatic carbocycles. The van der Waals surface area contributed by atoms with Crippen molar-refractivity contribution in [2.45, 2.75) is 19.8 Å². The molecule has 5 nitrogen and oxygen atoms in total. The number of carbonyl (C=O) groups is 1. The third kappa shape index (κ3) is 4.97. The van der Waals surface area contributed by atoms with E-state index in [1.54, 1.807) is 6.21 Å². The van der Waals surface area contributed by atoms with Gasteiger partial charge in [0.05, 0.1) is 9.78 Å². The van der Waals surface area contributed by atoms with Gasteiger partial charge in [0.1, 0.15) is 5.75 Å². The van der Waals surface area contributed by atoms with Crippen molar-refractivity contribution >= 4 is 40.4 Å². The SMILES string of the molecule is Cc1cc(/C=N\NC(=O)COc2ccccc2I)ccc1N1CCCC1. The third-order valence-corrected chi connectivity index (χ3v) is 5.16. The predicted molar refractivity (Wildman–Crippen MR) is 113 cm³/mol. The van der Waals surface area contributed by atoms with E-state index >= 15 is 0 Å². The summed E-state index contributed by atoms with van der Waals surface area (Å²) < 4.78 is 6.46. The summed E-state index contributed by atoms with van der Waals surface area (Å²) in [5.41, 5.74) is 5.98. The molecular formula is C20H22IN3O2. The van der Waals surface area contributed by atoms with Gasteiger partial charge in [0.25, 0.3) is 5.91 Å². The van der Waals surface area contributed by atoms with Gasteiger partial charge >= 0.3 is 0 Å². The van der Waals surface area contributed by atoms with Gasteiger partial charge in [0, 0.05) is 18.8 Å². The lowest BCUT2D eigenvalue weighted by molar-refractivity contribution is -0.123. The molecule has 0 bridgehead atoms. The number of nitrogens with zero attached hydrogens (tertiary/aromatic N) is 2. The highest BCUT2D eigenvalue weighted by molar-refractivity contribution is 14.1. The molecule has 0 aromatic heterocycles. The van der Waals surface area contributed by atoms with Crippen LogP contribution in [-0.2, 0) is 4.79 Å². The molecule has 1 amide bonds. The molecule has 2 aromatic carbocycles. The Bertz CT molecular complexity index is 801. The minimum absolute atomic E-state index is 0.0652. The Morgan fingerprint density at radius 3 is 2.77 bits per heavy atom. The molecule has 3 rings (SSSR count). The molecule has 6 heteroatoms. The fraction of sp³-hybridized carbons (Fsp3) is 0.300. The lowest BCUT2D eigenvalue weighted by atomic mass is 10.1. The molecule has 1 heterocycles. The lowest BCUT2D eigenvalue weighted by Gasteiger charge is -2.20. The summed E-state index contributed by atoms with van der Waals surface area (Å²) in [7, 11) is 0. The number of anilines is 1. The van der Waals surface area contributed by atoms with Crippen LogP contribution < -0.4 is 15.1 Å². The van der Waals surface area contributed by atoms with Crippen LogP contribution in [0.2, 0.25) is 0 Å². The summed E-state index contributed by atoms with van der Waals surface area (Å²) in [5, 5.41) is 4.02. The van der Waals surface area contributed by atoms with Crippen LogP contribution in [0.15, 0.2) is 47.6 Å². The van der Waals surface area contributed by atoms with Crippen LogP contribution in [0.4, 0.5) is 5.69 Å². The van der Waals surface area contributed by atoms with E-state index in [4.69, 9.17) is 4.74 Å². The summed E-state index contributed by atoms with van der Waals surface area (Å²) in [6.07, 6.45) is 4.18. The Morgan fingerprint density at radius 1 is 1.27 bits per heavy atom. The van der Waals surface area contributed by atoms with Gasteiger partial charge in [-0.1, -0.05) is 18.2 Å². The van der Waals surface area contributed by atoms with E-state index in [0.29, 0.717) is 5.75 Å². The summed E-state index contributed by atoms with van der Waals surface area (Å²) in [4.78, 5) is 14.3. The molecule has 1 saturated heterocycles. The molecule has 1 fully saturated rings. The zero-order chi connectivity index (χ0) is 18.4. The molecule has 0 saturated carbocycles. The smallest absolute Gasteiger partial charge is 0.277 e. The van der Waals surface area contributed by atoms with Crippen molar-refractivity contribution in [1.29, 1.82) is 0 Å². The number of nitrogens with one attached hydrogen (secondary N) is 1. The molecule has 1 aliphatic rings. The van der Waals surface area contributed by atoms with Crippen molar-refractivity contribution in [2.75, 3.05) is 24.6 Å². The number of amides is 1. The number of rotatable bonds is 6. The summed E-state index contributed by atoms with van der Waals surface area (Å²) in [6.45, 7) is 4.30. The Morgan fingerprint density at radius 2 is 2.04 bits per heavy atom. The first-order chi connectivity index (χ1) is 12.6. The Hall–Kier alpha value is -2.09. The van der Waals surface area contributed by atoms with Gasteiger partial charge in [-0.25, -0.2) is 5.43 Å². The number of aryl methyl sites for hydroxylation is 1. The van der Waals surface area contributed by atoms with Crippen molar-refractivity contribution in [2.24, 2.45) is 5.10 Å². The highest BCUT2D eigenvalue weighted by Crippen LogP contribution is 2.24. The van der Waals surface area contributed by atoms with E-state index < -0.39 is 0 Å². The quantitative estimate of drug-likeness (QED) is 0.404. The monoisotopic (exact) mass is 463 g/mol. The second kappa shape index (κ2) is 9.02. The fourth-order valence-electron chi connectivity index (χ4n) is 2.99. The van der Waals surface area contributed by atoms with Crippen LogP contribution >= 0.6 is 22.6 Å². The molecule has 1 N–H and O–H groups in total. The topological polar surface area (TPSA) is 53.9 Å². The Kier molecular flexibility index (Phi) is 6.49. The average Bonchev–Trinajstić information content (AvgIpc) is 3.15. The lowest BCUT2D eigenvalue weighted by Crippen LogP contribution is -2.24. The van der Waals surface area contributed by atoms with E-state index in [2.05, 4.69) is 57.1 Å². The zero-order valence-corrected chi connectivity index (χ0v) is 16.9. The standard InChI is InChI=1S/C20H22IN3O2/c1-15-12-16(8-9-18(15)24-10-4-5-11-24)13-22-23-20(25)14-26-19-7-3-2-6-17(19)21/h2-3,6-9,12-13H,4-5,10-11,14H2,1H3,(H,23,25)/b22-13-. The summed E-state index contributed by atoms with van der Waals surface area (Å²) in [5.74, 6) is 0.409. The van der Waals surface area contributed by atoms with Gasteiger partial charge in [0.15, 0.2) is 6.61 Å². The Labute approximate surface area is 167 Å². The van der Waals surface area contributed by atoms with Gasteiger partial charge in [-0.05, 0) is 77.7 Å². The van der Waals surface area contributed by atoms with Crippen LogP contribution in [0, 0.1) is 10.5 Å². The molecule has 1 aliphatic heterocycles. The Balaban J connectivity index is 1.51. The normalized spacial score (nSPS) is 14.0. The first-order valence-electron chi connectivity index (χ1n) is 8.68. The molecule has 136 valence electrons. The van der Waals surface area contributed by atoms with Crippen LogP contribution in [0.25, 0.3) is 0 Å². The first-order valence-corrected chi connectivity index (χ1v) is 9.76. The number of ether oxygens (including phenoxy) is 1. The second-order valence-electron chi connectivity index (χ2n) is 6.25. The molecule has 26 heavy (non-hydrogen) atoms. The minimum Gasteiger partial charge on any atom is -0.483 e. The highest BCUT2D eigenvalue weighted by Gasteiger charge is 2.14. The molecule has 0 atom stereocenters. The number of hydrogen-bond acceptors (Lipinski definition) is 4. The second-order valence-corrected chi connectivity index (χ2v) is 7.41. The van der Waals surface area contributed by atoms with Crippen molar-refractivity contribution in [1.82, 2.24) is 5.43 Å². The molecule has 2 aromatic rings. The van der Waals surface area contributed by atoms with Crippen LogP contribution in [-0.4, -0.2) is 31.8 Å². The van der Waals surface area contributed by atoms with Crippen molar-refractivity contribution < 1.29 is 9.53 Å². The van der Waals surface area contributed by atoms with Gasteiger partial charge < -0.3 is 9.64 Å². The van der Waals surface area contributed by atoms with Gasteiger partial charge in [-0.3, -0.25) is 4.79 Å². The number of hydrazone groups is 1. The van der Waals surface area contributed by atoms with Crippen LogP contribution in [0.5, 0.6) is 5.75 Å². The van der Waals surface area contributed by atoms with Gasteiger partial charge in [0.2, 0.25) is 0 Å². The molecular weight excluding hydrogens is 441 g/mol. The van der Waals surface area contributed by atoms with E-state index in [1.165, 1.54) is 24.1 Å². The van der Waals surface area contributed by atoms with E-state index in [0.717, 1.165) is 22.2 Å².